The van der Waals surface area contributed by atoms with Crippen LogP contribution in [0.4, 0.5) is 5.69 Å². The summed E-state index contributed by atoms with van der Waals surface area (Å²) < 4.78 is 0. The normalized spacial score (nSPS) is 10.5. The van der Waals surface area contributed by atoms with Crippen molar-refractivity contribution in [3.63, 3.8) is 0 Å². The van der Waals surface area contributed by atoms with Gasteiger partial charge in [0.05, 0.1) is 18.9 Å². The SMILES string of the molecule is NN=Nc1ccc(C=C(CO)CO)cc1. The van der Waals surface area contributed by atoms with E-state index in [0.717, 1.165) is 5.56 Å². The van der Waals surface area contributed by atoms with E-state index >= 15 is 0 Å². The number of benzene rings is 1. The van der Waals surface area contributed by atoms with Crippen LogP contribution in [-0.2, 0) is 0 Å². The van der Waals surface area contributed by atoms with Crippen molar-refractivity contribution in [2.45, 2.75) is 0 Å². The molecule has 1 aromatic rings. The summed E-state index contributed by atoms with van der Waals surface area (Å²) in [4.78, 5) is 0. The zero-order valence-electron chi connectivity index (χ0n) is 8.17. The smallest absolute Gasteiger partial charge is 0.0874 e. The standard InChI is InChI=1S/C10H13N3O2/c11-13-12-10-3-1-8(2-4-10)5-9(6-14)7-15/h1-5,14-15H,6-7H2,(H2,11,12). The molecule has 4 N–H and O–H groups in total. The van der Waals surface area contributed by atoms with Gasteiger partial charge in [0, 0.05) is 0 Å². The first-order valence-corrected chi connectivity index (χ1v) is 4.42. The molecule has 0 aliphatic heterocycles. The summed E-state index contributed by atoms with van der Waals surface area (Å²) in [7, 11) is 0. The van der Waals surface area contributed by atoms with Crippen LogP contribution >= 0.6 is 0 Å². The largest absolute Gasteiger partial charge is 0.392 e. The van der Waals surface area contributed by atoms with E-state index in [2.05, 4.69) is 10.3 Å². The Morgan fingerprint density at radius 2 is 1.80 bits per heavy atom. The quantitative estimate of drug-likeness (QED) is 0.391. The van der Waals surface area contributed by atoms with Crippen LogP contribution in [0.15, 0.2) is 40.2 Å². The van der Waals surface area contributed by atoms with E-state index in [9.17, 15) is 0 Å². The molecule has 80 valence electrons. The number of hydrogen-bond donors (Lipinski definition) is 3. The van der Waals surface area contributed by atoms with Gasteiger partial charge in [-0.3, -0.25) is 0 Å². The molecule has 0 amide bonds. The summed E-state index contributed by atoms with van der Waals surface area (Å²) in [6.07, 6.45) is 1.71. The van der Waals surface area contributed by atoms with Crippen LogP contribution in [0.25, 0.3) is 6.08 Å². The van der Waals surface area contributed by atoms with Crippen molar-refractivity contribution in [1.82, 2.24) is 0 Å². The molecule has 0 aromatic heterocycles. The third kappa shape index (κ3) is 3.49. The Bertz CT molecular complexity index is 351. The van der Waals surface area contributed by atoms with Crippen molar-refractivity contribution in [2.75, 3.05) is 13.2 Å². The van der Waals surface area contributed by atoms with Crippen molar-refractivity contribution in [1.29, 1.82) is 0 Å². The van der Waals surface area contributed by atoms with Crippen LogP contribution in [0.2, 0.25) is 0 Å². The van der Waals surface area contributed by atoms with Crippen LogP contribution < -0.4 is 5.84 Å². The van der Waals surface area contributed by atoms with Crippen LogP contribution in [0.3, 0.4) is 0 Å². The Kier molecular flexibility index (Phi) is 4.46. The third-order valence-corrected chi connectivity index (χ3v) is 1.84. The molecule has 0 unspecified atom stereocenters. The molecule has 1 aromatic carbocycles. The molecular weight excluding hydrogens is 194 g/mol. The van der Waals surface area contributed by atoms with E-state index in [1.54, 1.807) is 30.3 Å². The highest BCUT2D eigenvalue weighted by Crippen LogP contribution is 2.14. The second-order valence-electron chi connectivity index (χ2n) is 2.93. The van der Waals surface area contributed by atoms with Gasteiger partial charge < -0.3 is 16.1 Å². The maximum atomic E-state index is 8.85. The predicted octanol–water partition coefficient (Wildman–Crippen LogP) is 1.01. The van der Waals surface area contributed by atoms with Gasteiger partial charge in [-0.05, 0) is 23.3 Å². The maximum Gasteiger partial charge on any atom is 0.0874 e. The molecule has 0 saturated heterocycles. The molecule has 0 aliphatic rings. The van der Waals surface area contributed by atoms with E-state index in [-0.39, 0.29) is 13.2 Å². The molecule has 0 fully saturated rings. The number of nitrogens with two attached hydrogens (primary N) is 1. The highest BCUT2D eigenvalue weighted by atomic mass is 16.3. The second kappa shape index (κ2) is 5.90. The van der Waals surface area contributed by atoms with E-state index in [1.807, 2.05) is 0 Å². The fourth-order valence-electron chi connectivity index (χ4n) is 1.08. The average Bonchev–Trinajstić information content (AvgIpc) is 2.28. The highest BCUT2D eigenvalue weighted by Gasteiger charge is 1.94. The molecule has 0 radical (unpaired) electrons. The molecule has 5 nitrogen and oxygen atoms in total. The molecule has 15 heavy (non-hydrogen) atoms. The summed E-state index contributed by atoms with van der Waals surface area (Å²) in [5.41, 5.74) is 2.09. The van der Waals surface area contributed by atoms with Gasteiger partial charge in [-0.25, -0.2) is 0 Å². The van der Waals surface area contributed by atoms with Gasteiger partial charge in [-0.2, -0.15) is 0 Å². The number of nitrogens with zero attached hydrogens (tertiary/aromatic N) is 2. The Balaban J connectivity index is 2.84. The molecule has 0 saturated carbocycles. The Hall–Kier alpha value is -1.72. The molecule has 0 heterocycles. The first-order chi connectivity index (χ1) is 7.30. The van der Waals surface area contributed by atoms with Crippen molar-refractivity contribution >= 4 is 11.8 Å². The van der Waals surface area contributed by atoms with Crippen molar-refractivity contribution in [3.8, 4) is 0 Å². The van der Waals surface area contributed by atoms with E-state index in [4.69, 9.17) is 16.1 Å². The molecule has 0 bridgehead atoms. The molecule has 0 spiro atoms. The first-order valence-electron chi connectivity index (χ1n) is 4.42. The van der Waals surface area contributed by atoms with Crippen LogP contribution in [-0.4, -0.2) is 23.4 Å². The predicted molar refractivity (Wildman–Crippen MR) is 57.3 cm³/mol. The molecule has 1 rings (SSSR count). The fourth-order valence-corrected chi connectivity index (χ4v) is 1.08. The van der Waals surface area contributed by atoms with Gasteiger partial charge in [0.25, 0.3) is 0 Å². The lowest BCUT2D eigenvalue weighted by atomic mass is 10.1. The zero-order valence-corrected chi connectivity index (χ0v) is 8.17. The minimum absolute atomic E-state index is 0.152. The summed E-state index contributed by atoms with van der Waals surface area (Å²) in [6.45, 7) is -0.304. The summed E-state index contributed by atoms with van der Waals surface area (Å²) in [5, 5.41) is 24.5. The summed E-state index contributed by atoms with van der Waals surface area (Å²) in [6, 6.07) is 7.09. The molecule has 5 heteroatoms. The number of aliphatic hydroxyl groups excluding tert-OH is 2. The van der Waals surface area contributed by atoms with Gasteiger partial charge >= 0.3 is 0 Å². The first kappa shape index (κ1) is 11.4. The van der Waals surface area contributed by atoms with Gasteiger partial charge in [-0.1, -0.05) is 23.4 Å². The summed E-state index contributed by atoms with van der Waals surface area (Å²) >= 11 is 0. The topological polar surface area (TPSA) is 91.2 Å². The minimum Gasteiger partial charge on any atom is -0.392 e. The maximum absolute atomic E-state index is 8.85. The second-order valence-corrected chi connectivity index (χ2v) is 2.93. The number of aliphatic hydroxyl groups is 2. The van der Waals surface area contributed by atoms with Gasteiger partial charge in [0.2, 0.25) is 0 Å². The third-order valence-electron chi connectivity index (χ3n) is 1.84. The zero-order chi connectivity index (χ0) is 11.1. The van der Waals surface area contributed by atoms with E-state index in [1.165, 1.54) is 0 Å². The van der Waals surface area contributed by atoms with Crippen molar-refractivity contribution in [2.24, 2.45) is 16.2 Å². The van der Waals surface area contributed by atoms with Gasteiger partial charge in [-0.15, -0.1) is 5.11 Å². The lowest BCUT2D eigenvalue weighted by molar-refractivity contribution is 0.278. The van der Waals surface area contributed by atoms with Gasteiger partial charge in [0.1, 0.15) is 0 Å². The monoisotopic (exact) mass is 207 g/mol. The van der Waals surface area contributed by atoms with Gasteiger partial charge in [0.15, 0.2) is 0 Å². The Morgan fingerprint density at radius 1 is 1.20 bits per heavy atom. The molecule has 0 atom stereocenters. The van der Waals surface area contributed by atoms with Crippen molar-refractivity contribution in [3.05, 3.63) is 35.4 Å². The lowest BCUT2D eigenvalue weighted by Crippen LogP contribution is -1.95. The molecule has 0 aliphatic carbocycles. The van der Waals surface area contributed by atoms with E-state index in [0.29, 0.717) is 11.3 Å². The van der Waals surface area contributed by atoms with E-state index < -0.39 is 0 Å². The lowest BCUT2D eigenvalue weighted by Gasteiger charge is -1.99. The highest BCUT2D eigenvalue weighted by molar-refractivity contribution is 5.55. The number of rotatable bonds is 4. The summed E-state index contributed by atoms with van der Waals surface area (Å²) in [5.74, 6) is 4.90. The van der Waals surface area contributed by atoms with Crippen LogP contribution in [0, 0.1) is 0 Å². The minimum atomic E-state index is -0.152. The Morgan fingerprint density at radius 3 is 2.27 bits per heavy atom. The fraction of sp³-hybridized carbons (Fsp3) is 0.200. The van der Waals surface area contributed by atoms with Crippen molar-refractivity contribution < 1.29 is 10.2 Å². The average molecular weight is 207 g/mol. The molecular formula is C10H13N3O2. The number of hydrogen-bond acceptors (Lipinski definition) is 4. The van der Waals surface area contributed by atoms with Crippen LogP contribution in [0.1, 0.15) is 5.56 Å². The van der Waals surface area contributed by atoms with Crippen LogP contribution in [0.5, 0.6) is 0 Å². The Labute approximate surface area is 87.5 Å².